The van der Waals surface area contributed by atoms with Crippen molar-refractivity contribution in [3.05, 3.63) is 18.6 Å². The molecule has 0 radical (unpaired) electrons. The first kappa shape index (κ1) is 12.4. The minimum absolute atomic E-state index is 0.164. The van der Waals surface area contributed by atoms with Crippen molar-refractivity contribution in [2.45, 2.75) is 25.0 Å². The van der Waals surface area contributed by atoms with E-state index in [1.165, 1.54) is 0 Å². The molecule has 2 N–H and O–H groups in total. The van der Waals surface area contributed by atoms with Crippen LogP contribution in [0.3, 0.4) is 0 Å². The van der Waals surface area contributed by atoms with Crippen LogP contribution in [0.15, 0.2) is 18.6 Å². The molecule has 2 aromatic heterocycles. The summed E-state index contributed by atoms with van der Waals surface area (Å²) in [6.45, 7) is 2.90. The second-order valence-corrected chi connectivity index (χ2v) is 5.10. The largest absolute Gasteiger partial charge is 0.385 e. The lowest BCUT2D eigenvalue weighted by atomic mass is 9.97. The summed E-state index contributed by atoms with van der Waals surface area (Å²) < 4.78 is 7.36. The maximum absolute atomic E-state index is 10.5. The van der Waals surface area contributed by atoms with E-state index >= 15 is 0 Å². The Hall–Kier alpha value is -1.66. The molecule has 1 fully saturated rings. The molecule has 2 atom stereocenters. The number of imidazole rings is 1. The number of rotatable bonds is 3. The standard InChI is InChI=1S/C13H18N4O2/c1-9-13(18,4-6-19-9)7-15-12-11-10(3-5-14-12)17(2)8-16-11/h3,5,8-9,18H,4,6-7H2,1-2H3,(H,14,15). The molecule has 2 aromatic rings. The first-order valence-electron chi connectivity index (χ1n) is 6.44. The van der Waals surface area contributed by atoms with Crippen LogP contribution in [0.4, 0.5) is 5.82 Å². The molecule has 1 aliphatic rings. The van der Waals surface area contributed by atoms with Crippen molar-refractivity contribution in [2.24, 2.45) is 7.05 Å². The van der Waals surface area contributed by atoms with Crippen molar-refractivity contribution in [2.75, 3.05) is 18.5 Å². The lowest BCUT2D eigenvalue weighted by molar-refractivity contribution is -0.0176. The second kappa shape index (κ2) is 4.47. The van der Waals surface area contributed by atoms with Gasteiger partial charge in [0.25, 0.3) is 0 Å². The summed E-state index contributed by atoms with van der Waals surface area (Å²) in [5.74, 6) is 0.700. The van der Waals surface area contributed by atoms with E-state index in [4.69, 9.17) is 4.74 Å². The van der Waals surface area contributed by atoms with Crippen LogP contribution < -0.4 is 5.32 Å². The van der Waals surface area contributed by atoms with Gasteiger partial charge in [-0.1, -0.05) is 0 Å². The topological polar surface area (TPSA) is 72.2 Å². The van der Waals surface area contributed by atoms with Crippen molar-refractivity contribution in [3.8, 4) is 0 Å². The van der Waals surface area contributed by atoms with Gasteiger partial charge in [-0.15, -0.1) is 0 Å². The average molecular weight is 262 g/mol. The van der Waals surface area contributed by atoms with Gasteiger partial charge in [-0.3, -0.25) is 0 Å². The molecule has 3 rings (SSSR count). The fourth-order valence-electron chi connectivity index (χ4n) is 2.43. The zero-order valence-electron chi connectivity index (χ0n) is 11.1. The van der Waals surface area contributed by atoms with E-state index < -0.39 is 5.60 Å². The van der Waals surface area contributed by atoms with E-state index in [0.717, 1.165) is 11.0 Å². The van der Waals surface area contributed by atoms with Crippen molar-refractivity contribution in [1.29, 1.82) is 0 Å². The van der Waals surface area contributed by atoms with Crippen LogP contribution in [0, 0.1) is 0 Å². The number of aliphatic hydroxyl groups is 1. The number of ether oxygens (including phenoxy) is 1. The van der Waals surface area contributed by atoms with E-state index in [2.05, 4.69) is 15.3 Å². The van der Waals surface area contributed by atoms with Gasteiger partial charge in [0.2, 0.25) is 0 Å². The Morgan fingerprint density at radius 3 is 3.16 bits per heavy atom. The van der Waals surface area contributed by atoms with Crippen LogP contribution in [0.5, 0.6) is 0 Å². The summed E-state index contributed by atoms with van der Waals surface area (Å²) in [7, 11) is 1.94. The molecule has 6 nitrogen and oxygen atoms in total. The number of aryl methyl sites for hydroxylation is 1. The molecule has 0 aliphatic carbocycles. The number of hydrogen-bond donors (Lipinski definition) is 2. The van der Waals surface area contributed by atoms with Crippen LogP contribution >= 0.6 is 0 Å². The zero-order valence-corrected chi connectivity index (χ0v) is 11.1. The predicted octanol–water partition coefficient (Wildman–Crippen LogP) is 0.920. The minimum Gasteiger partial charge on any atom is -0.385 e. The Kier molecular flexibility index (Phi) is 2.91. The smallest absolute Gasteiger partial charge is 0.154 e. The molecule has 0 spiro atoms. The van der Waals surface area contributed by atoms with Crippen molar-refractivity contribution < 1.29 is 9.84 Å². The van der Waals surface area contributed by atoms with E-state index in [-0.39, 0.29) is 6.10 Å². The van der Waals surface area contributed by atoms with Gasteiger partial charge in [-0.2, -0.15) is 0 Å². The number of fused-ring (bicyclic) bond motifs is 1. The number of anilines is 1. The molecule has 3 heterocycles. The molecule has 1 saturated heterocycles. The third kappa shape index (κ3) is 2.06. The van der Waals surface area contributed by atoms with Crippen LogP contribution in [0.2, 0.25) is 0 Å². The molecule has 0 bridgehead atoms. The quantitative estimate of drug-likeness (QED) is 0.860. The number of aromatic nitrogens is 3. The molecule has 0 aromatic carbocycles. The summed E-state index contributed by atoms with van der Waals surface area (Å²) in [6.07, 6.45) is 3.97. The lowest BCUT2D eigenvalue weighted by Gasteiger charge is -2.26. The van der Waals surface area contributed by atoms with Crippen LogP contribution in [-0.2, 0) is 11.8 Å². The van der Waals surface area contributed by atoms with Gasteiger partial charge in [0.05, 0.1) is 17.9 Å². The molecule has 1 aliphatic heterocycles. The SMILES string of the molecule is CC1OCCC1(O)CNc1nccc2c1ncn2C. The van der Waals surface area contributed by atoms with E-state index in [0.29, 0.717) is 25.4 Å². The predicted molar refractivity (Wildman–Crippen MR) is 72.0 cm³/mol. The summed E-state index contributed by atoms with van der Waals surface area (Å²) in [6, 6.07) is 1.92. The van der Waals surface area contributed by atoms with Gasteiger partial charge < -0.3 is 19.7 Å². The van der Waals surface area contributed by atoms with Crippen LogP contribution in [0.1, 0.15) is 13.3 Å². The summed E-state index contributed by atoms with van der Waals surface area (Å²) >= 11 is 0. The van der Waals surface area contributed by atoms with Crippen molar-refractivity contribution in [3.63, 3.8) is 0 Å². The van der Waals surface area contributed by atoms with Gasteiger partial charge in [0.15, 0.2) is 5.82 Å². The molecule has 2 unspecified atom stereocenters. The highest BCUT2D eigenvalue weighted by Gasteiger charge is 2.39. The van der Waals surface area contributed by atoms with Gasteiger partial charge in [-0.05, 0) is 13.0 Å². The van der Waals surface area contributed by atoms with Crippen LogP contribution in [0.25, 0.3) is 11.0 Å². The number of nitrogens with zero attached hydrogens (tertiary/aromatic N) is 3. The molecule has 102 valence electrons. The highest BCUT2D eigenvalue weighted by molar-refractivity contribution is 5.85. The van der Waals surface area contributed by atoms with Gasteiger partial charge in [0, 0.05) is 32.8 Å². The Bertz CT molecular complexity index is 597. The third-order valence-corrected chi connectivity index (χ3v) is 3.86. The first-order chi connectivity index (χ1) is 9.10. The fourth-order valence-corrected chi connectivity index (χ4v) is 2.43. The fraction of sp³-hybridized carbons (Fsp3) is 0.538. The Balaban J connectivity index is 1.82. The number of hydrogen-bond acceptors (Lipinski definition) is 5. The van der Waals surface area contributed by atoms with E-state index in [1.54, 1.807) is 12.5 Å². The van der Waals surface area contributed by atoms with Crippen LogP contribution in [-0.4, -0.2) is 44.5 Å². The lowest BCUT2D eigenvalue weighted by Crippen LogP contribution is -2.43. The maximum atomic E-state index is 10.5. The number of nitrogens with one attached hydrogen (secondary N) is 1. The van der Waals surface area contributed by atoms with Crippen molar-refractivity contribution in [1.82, 2.24) is 14.5 Å². The Labute approximate surface area is 111 Å². The Morgan fingerprint density at radius 1 is 1.58 bits per heavy atom. The van der Waals surface area contributed by atoms with Gasteiger partial charge in [0.1, 0.15) is 11.1 Å². The monoisotopic (exact) mass is 262 g/mol. The molecular weight excluding hydrogens is 244 g/mol. The third-order valence-electron chi connectivity index (χ3n) is 3.86. The summed E-state index contributed by atoms with van der Waals surface area (Å²) in [4.78, 5) is 8.63. The second-order valence-electron chi connectivity index (χ2n) is 5.10. The molecule has 6 heteroatoms. The average Bonchev–Trinajstić information content (AvgIpc) is 2.93. The first-order valence-corrected chi connectivity index (χ1v) is 6.44. The Morgan fingerprint density at radius 2 is 2.42 bits per heavy atom. The van der Waals surface area contributed by atoms with Gasteiger partial charge >= 0.3 is 0 Å². The highest BCUT2D eigenvalue weighted by atomic mass is 16.5. The molecular formula is C13H18N4O2. The molecule has 0 saturated carbocycles. The molecule has 19 heavy (non-hydrogen) atoms. The minimum atomic E-state index is -0.835. The van der Waals surface area contributed by atoms with E-state index in [9.17, 15) is 5.11 Å². The highest BCUT2D eigenvalue weighted by Crippen LogP contribution is 2.27. The van der Waals surface area contributed by atoms with Crippen molar-refractivity contribution >= 4 is 16.9 Å². The normalized spacial score (nSPS) is 27.0. The van der Waals surface area contributed by atoms with E-state index in [1.807, 2.05) is 24.6 Å². The van der Waals surface area contributed by atoms with Gasteiger partial charge in [-0.25, -0.2) is 9.97 Å². The molecule has 0 amide bonds. The summed E-state index contributed by atoms with van der Waals surface area (Å²) in [5.41, 5.74) is 0.999. The zero-order chi connectivity index (χ0) is 13.5. The number of pyridine rings is 1. The summed E-state index contributed by atoms with van der Waals surface area (Å²) in [5, 5.41) is 13.7. The maximum Gasteiger partial charge on any atom is 0.154 e.